The molecule has 0 saturated heterocycles. The minimum atomic E-state index is 0.0853. The Morgan fingerprint density at radius 1 is 1.00 bits per heavy atom. The summed E-state index contributed by atoms with van der Waals surface area (Å²) in [5.41, 5.74) is 0.0853. The Kier molecular flexibility index (Phi) is 8.90. The van der Waals surface area contributed by atoms with E-state index >= 15 is 0 Å². The van der Waals surface area contributed by atoms with E-state index in [4.69, 9.17) is 14.2 Å². The van der Waals surface area contributed by atoms with Crippen LogP contribution in [0.1, 0.15) is 34.1 Å². The predicted octanol–water partition coefficient (Wildman–Crippen LogP) is 2.74. The molecule has 0 heterocycles. The van der Waals surface area contributed by atoms with Crippen molar-refractivity contribution in [2.24, 2.45) is 11.3 Å². The summed E-state index contributed by atoms with van der Waals surface area (Å²) in [7, 11) is 1.74. The van der Waals surface area contributed by atoms with Crippen molar-refractivity contribution in [1.29, 1.82) is 0 Å². The Balaban J connectivity index is 4.46. The van der Waals surface area contributed by atoms with Crippen LogP contribution in [0.5, 0.6) is 0 Å². The van der Waals surface area contributed by atoms with Gasteiger partial charge in [0.1, 0.15) is 0 Å². The molecule has 0 unspecified atom stereocenters. The number of hydrogen-bond donors (Lipinski definition) is 0. The minimum Gasteiger partial charge on any atom is -0.385 e. The van der Waals surface area contributed by atoms with Crippen LogP contribution in [-0.4, -0.2) is 40.1 Å². The van der Waals surface area contributed by atoms with Gasteiger partial charge in [0.25, 0.3) is 0 Å². The van der Waals surface area contributed by atoms with Gasteiger partial charge in [-0.1, -0.05) is 13.8 Å². The normalized spacial score (nSPS) is 12.4. The van der Waals surface area contributed by atoms with Crippen molar-refractivity contribution in [1.82, 2.24) is 0 Å². The van der Waals surface area contributed by atoms with Crippen molar-refractivity contribution in [2.75, 3.05) is 40.1 Å². The van der Waals surface area contributed by atoms with Crippen molar-refractivity contribution in [3.63, 3.8) is 0 Å². The second-order valence-electron chi connectivity index (χ2n) is 4.53. The van der Waals surface area contributed by atoms with Crippen molar-refractivity contribution in [3.8, 4) is 0 Å². The van der Waals surface area contributed by atoms with Gasteiger partial charge in [-0.3, -0.25) is 0 Å². The molecule has 0 rings (SSSR count). The zero-order chi connectivity index (χ0) is 12.4. The molecule has 3 nitrogen and oxygen atoms in total. The standard InChI is InChI=1S/C13H28O3/c1-6-15-10-13(12(3)4,8-9-14-5)11-16-7-2/h12H,6-11H2,1-5H3. The molecular formula is C13H28O3. The van der Waals surface area contributed by atoms with Gasteiger partial charge in [-0.15, -0.1) is 0 Å². The van der Waals surface area contributed by atoms with Crippen molar-refractivity contribution < 1.29 is 14.2 Å². The lowest BCUT2D eigenvalue weighted by Gasteiger charge is -2.37. The molecule has 0 N–H and O–H groups in total. The van der Waals surface area contributed by atoms with Crippen LogP contribution < -0.4 is 0 Å². The van der Waals surface area contributed by atoms with Crippen LogP contribution in [0.4, 0.5) is 0 Å². The highest BCUT2D eigenvalue weighted by molar-refractivity contribution is 4.82. The first-order chi connectivity index (χ1) is 7.63. The van der Waals surface area contributed by atoms with Crippen molar-refractivity contribution in [3.05, 3.63) is 0 Å². The molecule has 98 valence electrons. The molecule has 3 heteroatoms. The zero-order valence-corrected chi connectivity index (χ0v) is 11.5. The van der Waals surface area contributed by atoms with E-state index in [0.29, 0.717) is 5.92 Å². The lowest BCUT2D eigenvalue weighted by Crippen LogP contribution is -2.38. The second-order valence-corrected chi connectivity index (χ2v) is 4.53. The third kappa shape index (κ3) is 5.28. The fraction of sp³-hybridized carbons (Fsp3) is 1.00. The fourth-order valence-electron chi connectivity index (χ4n) is 1.72. The van der Waals surface area contributed by atoms with E-state index in [9.17, 15) is 0 Å². The molecule has 0 aliphatic carbocycles. The fourth-order valence-corrected chi connectivity index (χ4v) is 1.72. The van der Waals surface area contributed by atoms with E-state index in [1.165, 1.54) is 0 Å². The van der Waals surface area contributed by atoms with E-state index in [1.807, 2.05) is 13.8 Å². The van der Waals surface area contributed by atoms with Crippen LogP contribution in [-0.2, 0) is 14.2 Å². The van der Waals surface area contributed by atoms with Gasteiger partial charge in [-0.2, -0.15) is 0 Å². The largest absolute Gasteiger partial charge is 0.385 e. The Hall–Kier alpha value is -0.120. The summed E-state index contributed by atoms with van der Waals surface area (Å²) in [5.74, 6) is 0.528. The van der Waals surface area contributed by atoms with Crippen molar-refractivity contribution >= 4 is 0 Å². The van der Waals surface area contributed by atoms with E-state index in [1.54, 1.807) is 7.11 Å². The van der Waals surface area contributed by atoms with E-state index in [2.05, 4.69) is 13.8 Å². The maximum atomic E-state index is 5.62. The number of ether oxygens (including phenoxy) is 3. The van der Waals surface area contributed by atoms with Gasteiger partial charge in [0, 0.05) is 32.3 Å². The van der Waals surface area contributed by atoms with E-state index < -0.39 is 0 Å². The van der Waals surface area contributed by atoms with Gasteiger partial charge in [-0.05, 0) is 26.2 Å². The average Bonchev–Trinajstić information content (AvgIpc) is 2.28. The summed E-state index contributed by atoms with van der Waals surface area (Å²) in [6.45, 7) is 12.3. The van der Waals surface area contributed by atoms with Crippen LogP contribution in [0.3, 0.4) is 0 Å². The summed E-state index contributed by atoms with van der Waals surface area (Å²) < 4.78 is 16.4. The van der Waals surface area contributed by atoms with Gasteiger partial charge >= 0.3 is 0 Å². The maximum absolute atomic E-state index is 5.62. The molecule has 0 aliphatic heterocycles. The highest BCUT2D eigenvalue weighted by Crippen LogP contribution is 2.32. The zero-order valence-electron chi connectivity index (χ0n) is 11.5. The van der Waals surface area contributed by atoms with Crippen LogP contribution in [0, 0.1) is 11.3 Å². The molecule has 0 aromatic carbocycles. The highest BCUT2D eigenvalue weighted by atomic mass is 16.5. The smallest absolute Gasteiger partial charge is 0.0547 e. The first-order valence-electron chi connectivity index (χ1n) is 6.27. The van der Waals surface area contributed by atoms with Gasteiger partial charge in [0.2, 0.25) is 0 Å². The van der Waals surface area contributed by atoms with Crippen LogP contribution in [0.25, 0.3) is 0 Å². The molecule has 0 bridgehead atoms. The molecule has 0 atom stereocenters. The second kappa shape index (κ2) is 8.97. The van der Waals surface area contributed by atoms with Gasteiger partial charge in [0.15, 0.2) is 0 Å². The Morgan fingerprint density at radius 3 is 1.81 bits per heavy atom. The van der Waals surface area contributed by atoms with Crippen molar-refractivity contribution in [2.45, 2.75) is 34.1 Å². The molecule has 0 aliphatic rings. The molecule has 0 spiro atoms. The molecule has 0 aromatic rings. The quantitative estimate of drug-likeness (QED) is 0.579. The molecular weight excluding hydrogens is 204 g/mol. The minimum absolute atomic E-state index is 0.0853. The molecule has 16 heavy (non-hydrogen) atoms. The third-order valence-electron chi connectivity index (χ3n) is 3.22. The maximum Gasteiger partial charge on any atom is 0.0547 e. The van der Waals surface area contributed by atoms with Gasteiger partial charge < -0.3 is 14.2 Å². The molecule has 0 saturated carbocycles. The number of hydrogen-bond acceptors (Lipinski definition) is 3. The first kappa shape index (κ1) is 15.9. The lowest BCUT2D eigenvalue weighted by molar-refractivity contribution is -0.0578. The summed E-state index contributed by atoms with van der Waals surface area (Å²) in [4.78, 5) is 0. The van der Waals surface area contributed by atoms with Gasteiger partial charge in [0.05, 0.1) is 13.2 Å². The van der Waals surface area contributed by atoms with Crippen LogP contribution in [0.2, 0.25) is 0 Å². The Bertz CT molecular complexity index is 135. The highest BCUT2D eigenvalue weighted by Gasteiger charge is 2.34. The Labute approximate surface area is 100 Å². The molecule has 0 aromatic heterocycles. The predicted molar refractivity (Wildman–Crippen MR) is 66.8 cm³/mol. The van der Waals surface area contributed by atoms with E-state index in [-0.39, 0.29) is 5.41 Å². The van der Waals surface area contributed by atoms with Crippen LogP contribution in [0.15, 0.2) is 0 Å². The van der Waals surface area contributed by atoms with Gasteiger partial charge in [-0.25, -0.2) is 0 Å². The topological polar surface area (TPSA) is 27.7 Å². The third-order valence-corrected chi connectivity index (χ3v) is 3.22. The summed E-state index contributed by atoms with van der Waals surface area (Å²) >= 11 is 0. The molecule has 0 radical (unpaired) electrons. The number of methoxy groups -OCH3 is 1. The molecule has 0 fully saturated rings. The number of rotatable bonds is 10. The summed E-state index contributed by atoms with van der Waals surface area (Å²) in [6.07, 6.45) is 0.987. The Morgan fingerprint density at radius 2 is 1.50 bits per heavy atom. The lowest BCUT2D eigenvalue weighted by atomic mass is 9.76. The van der Waals surface area contributed by atoms with Crippen LogP contribution >= 0.6 is 0 Å². The SMILES string of the molecule is CCOCC(CCOC)(COCC)C(C)C. The average molecular weight is 232 g/mol. The molecule has 0 amide bonds. The van der Waals surface area contributed by atoms with E-state index in [0.717, 1.165) is 39.5 Å². The first-order valence-corrected chi connectivity index (χ1v) is 6.27. The monoisotopic (exact) mass is 232 g/mol. The summed E-state index contributed by atoms with van der Waals surface area (Å²) in [5, 5.41) is 0. The summed E-state index contributed by atoms with van der Waals surface area (Å²) in [6, 6.07) is 0.